The van der Waals surface area contributed by atoms with E-state index in [0.29, 0.717) is 35.8 Å². The van der Waals surface area contributed by atoms with E-state index in [1.54, 1.807) is 48.5 Å². The van der Waals surface area contributed by atoms with Gasteiger partial charge in [-0.2, -0.15) is 0 Å². The van der Waals surface area contributed by atoms with Gasteiger partial charge in [0, 0.05) is 17.7 Å². The van der Waals surface area contributed by atoms with E-state index in [4.69, 9.17) is 14.2 Å². The van der Waals surface area contributed by atoms with Crippen LogP contribution in [0.4, 0.5) is 0 Å². The van der Waals surface area contributed by atoms with Crippen molar-refractivity contribution >= 4 is 11.8 Å². The summed E-state index contributed by atoms with van der Waals surface area (Å²) in [4.78, 5) is 24.3. The zero-order valence-corrected chi connectivity index (χ0v) is 15.8. The van der Waals surface area contributed by atoms with Crippen molar-refractivity contribution in [2.75, 3.05) is 19.8 Å². The molecule has 7 nitrogen and oxygen atoms in total. The predicted molar refractivity (Wildman–Crippen MR) is 103 cm³/mol. The molecule has 1 fully saturated rings. The maximum atomic E-state index is 12.2. The largest absolute Gasteiger partial charge is 0.494 e. The van der Waals surface area contributed by atoms with E-state index in [0.717, 1.165) is 19.4 Å². The maximum absolute atomic E-state index is 12.2. The smallest absolute Gasteiger partial charge is 0.269 e. The van der Waals surface area contributed by atoms with Crippen LogP contribution >= 0.6 is 0 Å². The van der Waals surface area contributed by atoms with Crippen molar-refractivity contribution < 1.29 is 23.8 Å². The number of nitrogens with one attached hydrogen (secondary N) is 2. The highest BCUT2D eigenvalue weighted by Crippen LogP contribution is 2.16. The third-order valence-electron chi connectivity index (χ3n) is 4.29. The fraction of sp³-hybridized carbons (Fsp3) is 0.333. The quantitative estimate of drug-likeness (QED) is 0.717. The van der Waals surface area contributed by atoms with Gasteiger partial charge < -0.3 is 14.2 Å². The van der Waals surface area contributed by atoms with Gasteiger partial charge in [-0.25, -0.2) is 0 Å². The molecular formula is C21H24N2O5. The Morgan fingerprint density at radius 1 is 0.929 bits per heavy atom. The molecule has 0 bridgehead atoms. The molecular weight excluding hydrogens is 360 g/mol. The van der Waals surface area contributed by atoms with Gasteiger partial charge in [-0.15, -0.1) is 0 Å². The van der Waals surface area contributed by atoms with E-state index >= 15 is 0 Å². The SMILES string of the molecule is CCOc1ccc(C(=O)NNC(=O)c2ccc(OCC3CCCO3)cc2)cc1. The first-order valence-corrected chi connectivity index (χ1v) is 9.33. The zero-order chi connectivity index (χ0) is 19.8. The van der Waals surface area contributed by atoms with Gasteiger partial charge in [0.25, 0.3) is 11.8 Å². The molecule has 1 aliphatic heterocycles. The van der Waals surface area contributed by atoms with Crippen LogP contribution in [0.3, 0.4) is 0 Å². The van der Waals surface area contributed by atoms with Crippen LogP contribution in [0.2, 0.25) is 0 Å². The van der Waals surface area contributed by atoms with Crippen molar-refractivity contribution in [2.24, 2.45) is 0 Å². The number of amides is 2. The van der Waals surface area contributed by atoms with Crippen molar-refractivity contribution in [3.8, 4) is 11.5 Å². The van der Waals surface area contributed by atoms with Crippen LogP contribution in [0, 0.1) is 0 Å². The number of carbonyl (C=O) groups excluding carboxylic acids is 2. The van der Waals surface area contributed by atoms with Gasteiger partial charge in [0.15, 0.2) is 0 Å². The maximum Gasteiger partial charge on any atom is 0.269 e. The molecule has 0 aliphatic carbocycles. The van der Waals surface area contributed by atoms with Gasteiger partial charge in [0.05, 0.1) is 12.7 Å². The van der Waals surface area contributed by atoms with E-state index in [2.05, 4.69) is 10.9 Å². The molecule has 1 atom stereocenters. The van der Waals surface area contributed by atoms with E-state index < -0.39 is 11.8 Å². The second kappa shape index (κ2) is 9.75. The Morgan fingerprint density at radius 3 is 1.93 bits per heavy atom. The molecule has 1 heterocycles. The molecule has 1 saturated heterocycles. The lowest BCUT2D eigenvalue weighted by Crippen LogP contribution is -2.41. The van der Waals surface area contributed by atoms with Crippen molar-refractivity contribution in [3.05, 3.63) is 59.7 Å². The van der Waals surface area contributed by atoms with Crippen LogP contribution in [-0.2, 0) is 4.74 Å². The summed E-state index contributed by atoms with van der Waals surface area (Å²) in [6.45, 7) is 3.73. The van der Waals surface area contributed by atoms with E-state index in [1.807, 2.05) is 6.92 Å². The minimum Gasteiger partial charge on any atom is -0.494 e. The first-order chi connectivity index (χ1) is 13.7. The van der Waals surface area contributed by atoms with Gasteiger partial charge >= 0.3 is 0 Å². The van der Waals surface area contributed by atoms with Crippen LogP contribution < -0.4 is 20.3 Å². The summed E-state index contributed by atoms with van der Waals surface area (Å²) in [5, 5.41) is 0. The third kappa shape index (κ3) is 5.47. The minimum absolute atomic E-state index is 0.140. The highest BCUT2D eigenvalue weighted by atomic mass is 16.5. The van der Waals surface area contributed by atoms with Gasteiger partial charge in [0.2, 0.25) is 0 Å². The number of rotatable bonds is 7. The van der Waals surface area contributed by atoms with Crippen molar-refractivity contribution in [1.82, 2.24) is 10.9 Å². The lowest BCUT2D eigenvalue weighted by molar-refractivity contribution is 0.0679. The summed E-state index contributed by atoms with van der Waals surface area (Å²) in [6, 6.07) is 13.4. The lowest BCUT2D eigenvalue weighted by atomic mass is 10.2. The average molecular weight is 384 g/mol. The summed E-state index contributed by atoms with van der Waals surface area (Å²) in [5.74, 6) is 0.535. The molecule has 0 spiro atoms. The highest BCUT2D eigenvalue weighted by molar-refractivity contribution is 5.99. The summed E-state index contributed by atoms with van der Waals surface area (Å²) in [6.07, 6.45) is 2.21. The number of ether oxygens (including phenoxy) is 3. The molecule has 0 aromatic heterocycles. The Morgan fingerprint density at radius 2 is 1.46 bits per heavy atom. The lowest BCUT2D eigenvalue weighted by Gasteiger charge is -2.12. The van der Waals surface area contributed by atoms with Crippen molar-refractivity contribution in [1.29, 1.82) is 0 Å². The molecule has 0 saturated carbocycles. The van der Waals surface area contributed by atoms with E-state index in [1.165, 1.54) is 0 Å². The Bertz CT molecular complexity index is 783. The number of carbonyl (C=O) groups is 2. The Labute approximate surface area is 164 Å². The summed E-state index contributed by atoms with van der Waals surface area (Å²) in [7, 11) is 0. The molecule has 3 rings (SSSR count). The highest BCUT2D eigenvalue weighted by Gasteiger charge is 2.16. The second-order valence-electron chi connectivity index (χ2n) is 6.34. The monoisotopic (exact) mass is 384 g/mol. The molecule has 1 aliphatic rings. The van der Waals surface area contributed by atoms with Crippen LogP contribution in [0.15, 0.2) is 48.5 Å². The molecule has 148 valence electrons. The number of benzene rings is 2. The van der Waals surface area contributed by atoms with Gasteiger partial charge in [0.1, 0.15) is 18.1 Å². The Balaban J connectivity index is 1.46. The van der Waals surface area contributed by atoms with Gasteiger partial charge in [-0.05, 0) is 68.3 Å². The fourth-order valence-corrected chi connectivity index (χ4v) is 2.79. The number of hydrogen-bond acceptors (Lipinski definition) is 5. The molecule has 2 N–H and O–H groups in total. The zero-order valence-electron chi connectivity index (χ0n) is 15.8. The first-order valence-electron chi connectivity index (χ1n) is 9.33. The third-order valence-corrected chi connectivity index (χ3v) is 4.29. The summed E-state index contributed by atoms with van der Waals surface area (Å²) >= 11 is 0. The Hall–Kier alpha value is -3.06. The standard InChI is InChI=1S/C21H24N2O5/c1-2-26-17-9-5-15(6-10-17)20(24)22-23-21(25)16-7-11-18(12-8-16)28-14-19-4-3-13-27-19/h5-12,19H,2-4,13-14H2,1H3,(H,22,24)(H,23,25). The normalized spacial score (nSPS) is 15.7. The molecule has 0 radical (unpaired) electrons. The predicted octanol–water partition coefficient (Wildman–Crippen LogP) is 2.72. The van der Waals surface area contributed by atoms with Crippen LogP contribution in [0.25, 0.3) is 0 Å². The number of hydrogen-bond donors (Lipinski definition) is 2. The van der Waals surface area contributed by atoms with E-state index in [9.17, 15) is 9.59 Å². The molecule has 2 aromatic rings. The van der Waals surface area contributed by atoms with Gasteiger partial charge in [-0.1, -0.05) is 0 Å². The van der Waals surface area contributed by atoms with Crippen LogP contribution in [-0.4, -0.2) is 37.7 Å². The number of hydrazine groups is 1. The van der Waals surface area contributed by atoms with Crippen LogP contribution in [0.5, 0.6) is 11.5 Å². The van der Waals surface area contributed by atoms with Gasteiger partial charge in [-0.3, -0.25) is 20.4 Å². The average Bonchev–Trinajstić information content (AvgIpc) is 3.25. The van der Waals surface area contributed by atoms with Crippen molar-refractivity contribution in [2.45, 2.75) is 25.9 Å². The topological polar surface area (TPSA) is 85.9 Å². The molecule has 1 unspecified atom stereocenters. The second-order valence-corrected chi connectivity index (χ2v) is 6.34. The Kier molecular flexibility index (Phi) is 6.86. The first kappa shape index (κ1) is 19.7. The molecule has 2 amide bonds. The summed E-state index contributed by atoms with van der Waals surface area (Å²) in [5.41, 5.74) is 5.63. The minimum atomic E-state index is -0.412. The van der Waals surface area contributed by atoms with Crippen molar-refractivity contribution in [3.63, 3.8) is 0 Å². The van der Waals surface area contributed by atoms with E-state index in [-0.39, 0.29) is 6.10 Å². The fourth-order valence-electron chi connectivity index (χ4n) is 2.79. The van der Waals surface area contributed by atoms with Crippen LogP contribution in [0.1, 0.15) is 40.5 Å². The molecule has 7 heteroatoms. The molecule has 28 heavy (non-hydrogen) atoms. The molecule has 2 aromatic carbocycles. The summed E-state index contributed by atoms with van der Waals surface area (Å²) < 4.78 is 16.5.